The first-order valence-electron chi connectivity index (χ1n) is 8.12. The van der Waals surface area contributed by atoms with E-state index in [-0.39, 0.29) is 11.9 Å². The van der Waals surface area contributed by atoms with Gasteiger partial charge in [0.2, 0.25) is 0 Å². The highest BCUT2D eigenvalue weighted by atomic mass is 35.5. The van der Waals surface area contributed by atoms with E-state index < -0.39 is 0 Å². The van der Waals surface area contributed by atoms with Crippen molar-refractivity contribution in [3.05, 3.63) is 51.4 Å². The largest absolute Gasteiger partial charge is 0.334 e. The number of nitrogens with zero attached hydrogens (tertiary/aromatic N) is 3. The minimum atomic E-state index is -0.192. The van der Waals surface area contributed by atoms with Crippen LogP contribution in [-0.2, 0) is 6.54 Å². The molecule has 0 unspecified atom stereocenters. The van der Waals surface area contributed by atoms with Crippen molar-refractivity contribution in [2.24, 2.45) is 0 Å². The zero-order valence-electron chi connectivity index (χ0n) is 14.7. The van der Waals surface area contributed by atoms with Crippen molar-refractivity contribution in [1.82, 2.24) is 15.0 Å². The molecule has 26 heavy (non-hydrogen) atoms. The summed E-state index contributed by atoms with van der Waals surface area (Å²) in [6.07, 6.45) is 0. The van der Waals surface area contributed by atoms with Crippen LogP contribution in [0.5, 0.6) is 0 Å². The van der Waals surface area contributed by atoms with Gasteiger partial charge in [-0.2, -0.15) is 4.98 Å². The number of aromatic nitrogens is 2. The summed E-state index contributed by atoms with van der Waals surface area (Å²) in [7, 11) is 1.74. The minimum absolute atomic E-state index is 0.192. The summed E-state index contributed by atoms with van der Waals surface area (Å²) < 4.78 is 5.99. The van der Waals surface area contributed by atoms with Gasteiger partial charge in [0.15, 0.2) is 5.82 Å². The quantitative estimate of drug-likeness (QED) is 0.646. The first-order valence-corrected chi connectivity index (χ1v) is 9.32. The first kappa shape index (κ1) is 18.4. The molecule has 136 valence electrons. The van der Waals surface area contributed by atoms with Gasteiger partial charge in [-0.25, -0.2) is 4.79 Å². The second-order valence-corrected chi connectivity index (χ2v) is 7.98. The van der Waals surface area contributed by atoms with Gasteiger partial charge in [0, 0.05) is 29.1 Å². The fourth-order valence-corrected chi connectivity index (χ4v) is 3.39. The van der Waals surface area contributed by atoms with Gasteiger partial charge < -0.3 is 14.7 Å². The molecule has 6 nitrogen and oxygen atoms in total. The highest BCUT2D eigenvalue weighted by molar-refractivity contribution is 7.16. The average Bonchev–Trinajstić information content (AvgIpc) is 3.25. The van der Waals surface area contributed by atoms with Crippen molar-refractivity contribution in [3.63, 3.8) is 0 Å². The molecule has 0 aliphatic rings. The first-order chi connectivity index (χ1) is 12.4. The van der Waals surface area contributed by atoms with Gasteiger partial charge in [0.1, 0.15) is 0 Å². The van der Waals surface area contributed by atoms with Gasteiger partial charge in [0.05, 0.1) is 10.9 Å². The normalized spacial score (nSPS) is 11.0. The van der Waals surface area contributed by atoms with Crippen LogP contribution in [0.15, 0.2) is 40.9 Å². The molecule has 2 amide bonds. The monoisotopic (exact) mass is 390 g/mol. The van der Waals surface area contributed by atoms with Crippen LogP contribution < -0.4 is 5.32 Å². The molecule has 2 aromatic heterocycles. The van der Waals surface area contributed by atoms with Crippen LogP contribution in [0.3, 0.4) is 0 Å². The molecule has 3 rings (SSSR count). The number of amides is 2. The van der Waals surface area contributed by atoms with Crippen LogP contribution in [0.25, 0.3) is 11.5 Å². The molecule has 0 fully saturated rings. The molecule has 0 aliphatic carbocycles. The Morgan fingerprint density at radius 2 is 2.00 bits per heavy atom. The number of carbonyl (C=O) groups excluding carboxylic acids is 1. The van der Waals surface area contributed by atoms with Crippen molar-refractivity contribution in [2.75, 3.05) is 12.4 Å². The van der Waals surface area contributed by atoms with Gasteiger partial charge in [-0.05, 0) is 36.4 Å². The third-order valence-electron chi connectivity index (χ3n) is 3.71. The Labute approximate surface area is 160 Å². The molecule has 3 aromatic rings. The third kappa shape index (κ3) is 4.42. The molecular weight excluding hydrogens is 372 g/mol. The second kappa shape index (κ2) is 7.88. The molecule has 0 bridgehead atoms. The summed E-state index contributed by atoms with van der Waals surface area (Å²) >= 11 is 7.38. The molecule has 1 N–H and O–H groups in total. The van der Waals surface area contributed by atoms with Crippen LogP contribution in [0.2, 0.25) is 4.34 Å². The average molecular weight is 391 g/mol. The van der Waals surface area contributed by atoms with Crippen LogP contribution in [0.4, 0.5) is 10.5 Å². The summed E-state index contributed by atoms with van der Waals surface area (Å²) in [5, 5.41) is 6.82. The zero-order chi connectivity index (χ0) is 18.7. The maximum atomic E-state index is 12.3. The fourth-order valence-electron chi connectivity index (χ4n) is 2.24. The van der Waals surface area contributed by atoms with Crippen molar-refractivity contribution >= 4 is 34.7 Å². The van der Waals surface area contributed by atoms with E-state index in [1.807, 2.05) is 50.2 Å². The summed E-state index contributed by atoms with van der Waals surface area (Å²) in [5.74, 6) is 1.35. The predicted octanol–water partition coefficient (Wildman–Crippen LogP) is 5.24. The van der Waals surface area contributed by atoms with Crippen molar-refractivity contribution < 1.29 is 9.32 Å². The molecule has 0 radical (unpaired) electrons. The summed E-state index contributed by atoms with van der Waals surface area (Å²) in [6, 6.07) is 10.8. The third-order valence-corrected chi connectivity index (χ3v) is 4.93. The van der Waals surface area contributed by atoms with Crippen molar-refractivity contribution in [1.29, 1.82) is 0 Å². The summed E-state index contributed by atoms with van der Waals surface area (Å²) in [5.41, 5.74) is 1.50. The number of halogens is 1. The summed E-state index contributed by atoms with van der Waals surface area (Å²) in [6.45, 7) is 4.52. The van der Waals surface area contributed by atoms with Crippen LogP contribution in [0, 0.1) is 0 Å². The van der Waals surface area contributed by atoms with E-state index in [9.17, 15) is 4.79 Å². The molecule has 0 saturated heterocycles. The Balaban J connectivity index is 1.61. The Bertz CT molecular complexity index is 889. The highest BCUT2D eigenvalue weighted by Gasteiger charge is 2.13. The van der Waals surface area contributed by atoms with Crippen molar-refractivity contribution in [3.8, 4) is 11.5 Å². The van der Waals surface area contributed by atoms with Crippen molar-refractivity contribution in [2.45, 2.75) is 26.3 Å². The van der Waals surface area contributed by atoms with Gasteiger partial charge in [0.25, 0.3) is 5.89 Å². The second-order valence-electron chi connectivity index (χ2n) is 6.18. The SMILES string of the molecule is CC(C)c1noc(-c2ccc(NC(=O)N(C)Cc3ccc(Cl)s3)cc2)n1. The molecule has 8 heteroatoms. The fraction of sp³-hybridized carbons (Fsp3) is 0.278. The van der Waals surface area contributed by atoms with Gasteiger partial charge >= 0.3 is 6.03 Å². The number of thiophene rings is 1. The number of anilines is 1. The molecule has 0 saturated carbocycles. The number of hydrogen-bond donors (Lipinski definition) is 1. The summed E-state index contributed by atoms with van der Waals surface area (Å²) in [4.78, 5) is 19.3. The van der Waals surface area contributed by atoms with E-state index in [1.165, 1.54) is 11.3 Å². The Hall–Kier alpha value is -2.38. The van der Waals surface area contributed by atoms with E-state index in [1.54, 1.807) is 11.9 Å². The van der Waals surface area contributed by atoms with Gasteiger partial charge in [-0.15, -0.1) is 11.3 Å². The topological polar surface area (TPSA) is 71.3 Å². The van der Waals surface area contributed by atoms with E-state index in [4.69, 9.17) is 16.1 Å². The van der Waals surface area contributed by atoms with Crippen LogP contribution >= 0.6 is 22.9 Å². The lowest BCUT2D eigenvalue weighted by molar-refractivity contribution is 0.221. The van der Waals surface area contributed by atoms with Gasteiger partial charge in [-0.1, -0.05) is 30.6 Å². The highest BCUT2D eigenvalue weighted by Crippen LogP contribution is 2.24. The van der Waals surface area contributed by atoms with E-state index >= 15 is 0 Å². The van der Waals surface area contributed by atoms with E-state index in [0.717, 1.165) is 10.4 Å². The number of urea groups is 1. The molecule has 1 aromatic carbocycles. The van der Waals surface area contributed by atoms with E-state index in [0.29, 0.717) is 28.3 Å². The minimum Gasteiger partial charge on any atom is -0.334 e. The van der Waals surface area contributed by atoms with Gasteiger partial charge in [-0.3, -0.25) is 0 Å². The number of carbonyl (C=O) groups is 1. The number of hydrogen-bond acceptors (Lipinski definition) is 5. The standard InChI is InChI=1S/C18H19ClN4O2S/c1-11(2)16-21-17(25-22-16)12-4-6-13(7-5-12)20-18(24)23(3)10-14-8-9-15(19)26-14/h4-9,11H,10H2,1-3H3,(H,20,24). The lowest BCUT2D eigenvalue weighted by Crippen LogP contribution is -2.30. The molecule has 2 heterocycles. The number of benzene rings is 1. The number of rotatable bonds is 5. The molecule has 0 spiro atoms. The Kier molecular flexibility index (Phi) is 5.58. The zero-order valence-corrected chi connectivity index (χ0v) is 16.3. The molecule has 0 aliphatic heterocycles. The lowest BCUT2D eigenvalue weighted by atomic mass is 10.2. The maximum Gasteiger partial charge on any atom is 0.321 e. The number of nitrogens with one attached hydrogen (secondary N) is 1. The lowest BCUT2D eigenvalue weighted by Gasteiger charge is -2.17. The Morgan fingerprint density at radius 1 is 1.27 bits per heavy atom. The molecule has 0 atom stereocenters. The van der Waals surface area contributed by atoms with E-state index in [2.05, 4.69) is 15.5 Å². The van der Waals surface area contributed by atoms with Crippen LogP contribution in [-0.4, -0.2) is 28.1 Å². The Morgan fingerprint density at radius 3 is 2.58 bits per heavy atom. The smallest absolute Gasteiger partial charge is 0.321 e. The predicted molar refractivity (Wildman–Crippen MR) is 104 cm³/mol. The van der Waals surface area contributed by atoms with Crippen LogP contribution in [0.1, 0.15) is 30.5 Å². The molecular formula is C18H19ClN4O2S. The maximum absolute atomic E-state index is 12.3.